The normalized spacial score (nSPS) is 37.1. The van der Waals surface area contributed by atoms with Crippen LogP contribution in [0.15, 0.2) is 0 Å². The van der Waals surface area contributed by atoms with E-state index in [1.165, 1.54) is 0 Å². The summed E-state index contributed by atoms with van der Waals surface area (Å²) in [7, 11) is 0. The average Bonchev–Trinajstić information content (AvgIpc) is 2.75. The second-order valence-corrected chi connectivity index (χ2v) is 3.07. The van der Waals surface area contributed by atoms with E-state index >= 15 is 0 Å². The van der Waals surface area contributed by atoms with Gasteiger partial charge in [0.1, 0.15) is 0 Å². The molecule has 1 aliphatic rings. The molecule has 1 fully saturated rings. The summed E-state index contributed by atoms with van der Waals surface area (Å²) in [6.07, 6.45) is 0.338. The average molecular weight is 188 g/mol. The van der Waals surface area contributed by atoms with Gasteiger partial charge in [-0.05, 0) is 12.8 Å². The second-order valence-electron chi connectivity index (χ2n) is 3.07. The monoisotopic (exact) mass is 188 g/mol. The van der Waals surface area contributed by atoms with Crippen LogP contribution in [0.1, 0.15) is 26.7 Å². The highest BCUT2D eigenvalue weighted by Gasteiger charge is 2.78. The summed E-state index contributed by atoms with van der Waals surface area (Å²) in [6.45, 7) is 3.21. The number of carbonyl (C=O) groups is 2. The minimum absolute atomic E-state index is 0.169. The fourth-order valence-corrected chi connectivity index (χ4v) is 1.72. The van der Waals surface area contributed by atoms with Crippen molar-refractivity contribution < 1.29 is 24.5 Å². The maximum absolute atomic E-state index is 10.8. The van der Waals surface area contributed by atoms with Crippen LogP contribution in [0.25, 0.3) is 0 Å². The van der Waals surface area contributed by atoms with E-state index in [1.54, 1.807) is 13.8 Å². The summed E-state index contributed by atoms with van der Waals surface area (Å²) in [5.41, 5.74) is -3.01. The Kier molecular flexibility index (Phi) is 2.07. The Bertz CT molecular complexity index is 235. The fraction of sp³-hybridized carbons (Fsp3) is 0.750. The van der Waals surface area contributed by atoms with Crippen LogP contribution in [0.3, 0.4) is 0 Å². The number of hydrogen-bond acceptors (Lipinski definition) is 3. The van der Waals surface area contributed by atoms with Gasteiger partial charge in [-0.1, -0.05) is 13.8 Å². The number of rotatable bonds is 4. The molecule has 0 aromatic heterocycles. The molecule has 2 unspecified atom stereocenters. The van der Waals surface area contributed by atoms with Gasteiger partial charge in [0.05, 0.1) is 0 Å². The fourth-order valence-electron chi connectivity index (χ4n) is 1.72. The van der Waals surface area contributed by atoms with E-state index in [1.807, 2.05) is 0 Å². The molecule has 1 heterocycles. The first-order chi connectivity index (χ1) is 5.97. The van der Waals surface area contributed by atoms with E-state index in [2.05, 4.69) is 0 Å². The summed E-state index contributed by atoms with van der Waals surface area (Å²) in [6, 6.07) is 0. The van der Waals surface area contributed by atoms with Crippen LogP contribution in [0.2, 0.25) is 0 Å². The van der Waals surface area contributed by atoms with E-state index < -0.39 is 23.1 Å². The van der Waals surface area contributed by atoms with Crippen molar-refractivity contribution in [1.82, 2.24) is 0 Å². The van der Waals surface area contributed by atoms with Crippen LogP contribution < -0.4 is 0 Å². The Labute approximate surface area is 75.3 Å². The standard InChI is InChI=1S/C8H12O5/c1-3-7(5(9)10)8(4-2,13-7)6(11)12/h3-4H2,1-2H3,(H,9,10)(H,11,12). The molecule has 13 heavy (non-hydrogen) atoms. The molecule has 0 bridgehead atoms. The molecule has 0 amide bonds. The predicted molar refractivity (Wildman–Crippen MR) is 42.4 cm³/mol. The van der Waals surface area contributed by atoms with Gasteiger partial charge in [0.15, 0.2) is 0 Å². The van der Waals surface area contributed by atoms with Gasteiger partial charge in [0.2, 0.25) is 11.2 Å². The molecular weight excluding hydrogens is 176 g/mol. The van der Waals surface area contributed by atoms with Crippen molar-refractivity contribution in [3.05, 3.63) is 0 Å². The van der Waals surface area contributed by atoms with Crippen molar-refractivity contribution in [2.75, 3.05) is 0 Å². The van der Waals surface area contributed by atoms with Gasteiger partial charge in [-0.15, -0.1) is 0 Å². The molecule has 1 aliphatic heterocycles. The van der Waals surface area contributed by atoms with Crippen molar-refractivity contribution in [3.8, 4) is 0 Å². The molecule has 74 valence electrons. The molecule has 5 heteroatoms. The lowest BCUT2D eigenvalue weighted by Gasteiger charge is -2.08. The highest BCUT2D eigenvalue weighted by molar-refractivity contribution is 5.96. The first-order valence-corrected chi connectivity index (χ1v) is 4.14. The van der Waals surface area contributed by atoms with Gasteiger partial charge in [-0.3, -0.25) is 0 Å². The van der Waals surface area contributed by atoms with Crippen LogP contribution in [0.5, 0.6) is 0 Å². The summed E-state index contributed by atoms with van der Waals surface area (Å²) >= 11 is 0. The van der Waals surface area contributed by atoms with E-state index in [4.69, 9.17) is 14.9 Å². The maximum Gasteiger partial charge on any atom is 0.339 e. The molecule has 0 spiro atoms. The number of aliphatic carboxylic acids is 2. The quantitative estimate of drug-likeness (QED) is 0.626. The van der Waals surface area contributed by atoms with Gasteiger partial charge in [-0.25, -0.2) is 9.59 Å². The van der Waals surface area contributed by atoms with E-state index in [9.17, 15) is 9.59 Å². The van der Waals surface area contributed by atoms with Gasteiger partial charge >= 0.3 is 11.9 Å². The first-order valence-electron chi connectivity index (χ1n) is 4.14. The summed E-state index contributed by atoms with van der Waals surface area (Å²) in [4.78, 5) is 21.6. The third kappa shape index (κ3) is 0.966. The zero-order chi connectivity index (χ0) is 10.3. The lowest BCUT2D eigenvalue weighted by molar-refractivity contribution is -0.146. The lowest BCUT2D eigenvalue weighted by Crippen LogP contribution is -2.38. The largest absolute Gasteiger partial charge is 0.479 e. The van der Waals surface area contributed by atoms with Gasteiger partial charge in [0.25, 0.3) is 0 Å². The van der Waals surface area contributed by atoms with Crippen molar-refractivity contribution in [2.45, 2.75) is 37.9 Å². The first kappa shape index (κ1) is 9.98. The molecular formula is C8H12O5. The Balaban J connectivity index is 2.99. The zero-order valence-corrected chi connectivity index (χ0v) is 7.53. The van der Waals surface area contributed by atoms with Crippen molar-refractivity contribution in [1.29, 1.82) is 0 Å². The number of hydrogen-bond donors (Lipinski definition) is 2. The molecule has 2 atom stereocenters. The van der Waals surface area contributed by atoms with Crippen molar-refractivity contribution in [2.24, 2.45) is 0 Å². The van der Waals surface area contributed by atoms with E-state index in [0.29, 0.717) is 0 Å². The number of carboxylic acid groups (broad SMARTS) is 2. The topological polar surface area (TPSA) is 87.1 Å². The smallest absolute Gasteiger partial charge is 0.339 e. The van der Waals surface area contributed by atoms with Crippen LogP contribution in [-0.2, 0) is 14.3 Å². The molecule has 2 N–H and O–H groups in total. The summed E-state index contributed by atoms with van der Waals surface area (Å²) < 4.78 is 4.91. The molecule has 0 aromatic carbocycles. The van der Waals surface area contributed by atoms with Crippen LogP contribution in [-0.4, -0.2) is 33.4 Å². The number of epoxide rings is 1. The van der Waals surface area contributed by atoms with E-state index in [0.717, 1.165) is 0 Å². The van der Waals surface area contributed by atoms with Crippen LogP contribution >= 0.6 is 0 Å². The Morgan fingerprint density at radius 1 is 1.08 bits per heavy atom. The lowest BCUT2D eigenvalue weighted by atomic mass is 9.88. The molecule has 0 saturated carbocycles. The Morgan fingerprint density at radius 3 is 1.46 bits per heavy atom. The number of carboxylic acids is 2. The highest BCUT2D eigenvalue weighted by atomic mass is 16.7. The molecule has 1 saturated heterocycles. The Morgan fingerprint density at radius 2 is 1.38 bits per heavy atom. The van der Waals surface area contributed by atoms with Gasteiger partial charge in [0, 0.05) is 0 Å². The van der Waals surface area contributed by atoms with Gasteiger partial charge in [-0.2, -0.15) is 0 Å². The maximum atomic E-state index is 10.8. The minimum Gasteiger partial charge on any atom is -0.479 e. The SMILES string of the molecule is CCC1(C(=O)O)OC1(CC)C(=O)O. The van der Waals surface area contributed by atoms with Crippen LogP contribution in [0.4, 0.5) is 0 Å². The summed E-state index contributed by atoms with van der Waals surface area (Å²) in [5.74, 6) is -2.39. The molecule has 5 nitrogen and oxygen atoms in total. The third-order valence-electron chi connectivity index (χ3n) is 2.65. The molecule has 0 radical (unpaired) electrons. The second kappa shape index (κ2) is 2.70. The number of ether oxygens (including phenoxy) is 1. The molecule has 0 aromatic rings. The highest BCUT2D eigenvalue weighted by Crippen LogP contribution is 2.53. The summed E-state index contributed by atoms with van der Waals surface area (Å²) in [5, 5.41) is 17.7. The third-order valence-corrected chi connectivity index (χ3v) is 2.65. The molecule has 0 aliphatic carbocycles. The van der Waals surface area contributed by atoms with Crippen molar-refractivity contribution >= 4 is 11.9 Å². The minimum atomic E-state index is -1.51. The van der Waals surface area contributed by atoms with Crippen molar-refractivity contribution in [3.63, 3.8) is 0 Å². The zero-order valence-electron chi connectivity index (χ0n) is 7.53. The van der Waals surface area contributed by atoms with Gasteiger partial charge < -0.3 is 14.9 Å². The Hall–Kier alpha value is -1.10. The molecule has 1 rings (SSSR count). The predicted octanol–water partition coefficient (Wildman–Crippen LogP) is 0.483. The van der Waals surface area contributed by atoms with Crippen LogP contribution in [0, 0.1) is 0 Å². The van der Waals surface area contributed by atoms with E-state index in [-0.39, 0.29) is 12.8 Å².